The molecule has 20 heavy (non-hydrogen) atoms. The van der Waals surface area contributed by atoms with E-state index in [4.69, 9.17) is 0 Å². The van der Waals surface area contributed by atoms with Gasteiger partial charge in [0.05, 0.1) is 18.2 Å². The van der Waals surface area contributed by atoms with Crippen molar-refractivity contribution in [3.05, 3.63) is 34.0 Å². The SMILES string of the molecule is Cc1cc(CC(=O)N2CCSC[C@@H]2c2nccs2)n[nH]1. The lowest BCUT2D eigenvalue weighted by Gasteiger charge is -2.34. The predicted octanol–water partition coefficient (Wildman–Crippen LogP) is 2.03. The molecule has 0 unspecified atom stereocenters. The molecule has 0 spiro atoms. The summed E-state index contributed by atoms with van der Waals surface area (Å²) in [4.78, 5) is 18.9. The first-order valence-electron chi connectivity index (χ1n) is 6.51. The normalized spacial score (nSPS) is 19.2. The number of aryl methyl sites for hydroxylation is 1. The van der Waals surface area contributed by atoms with E-state index in [1.54, 1.807) is 17.5 Å². The van der Waals surface area contributed by atoms with Gasteiger partial charge in [-0.3, -0.25) is 9.89 Å². The van der Waals surface area contributed by atoms with E-state index in [0.717, 1.165) is 34.4 Å². The van der Waals surface area contributed by atoms with Crippen LogP contribution in [0.5, 0.6) is 0 Å². The van der Waals surface area contributed by atoms with Crippen LogP contribution in [0.2, 0.25) is 0 Å². The molecule has 1 saturated heterocycles. The van der Waals surface area contributed by atoms with Crippen molar-refractivity contribution in [3.8, 4) is 0 Å². The second-order valence-corrected chi connectivity index (χ2v) is 6.84. The van der Waals surface area contributed by atoms with Crippen LogP contribution >= 0.6 is 23.1 Å². The summed E-state index contributed by atoms with van der Waals surface area (Å²) in [5, 5.41) is 10.0. The average molecular weight is 308 g/mol. The Bertz CT molecular complexity index is 581. The molecule has 0 aliphatic carbocycles. The lowest BCUT2D eigenvalue weighted by molar-refractivity contribution is -0.132. The van der Waals surface area contributed by atoms with Crippen LogP contribution in [-0.2, 0) is 11.2 Å². The maximum Gasteiger partial charge on any atom is 0.229 e. The van der Waals surface area contributed by atoms with Gasteiger partial charge in [-0.1, -0.05) is 0 Å². The van der Waals surface area contributed by atoms with Crippen LogP contribution in [0.25, 0.3) is 0 Å². The standard InChI is InChI=1S/C13H16N4OS2/c1-9-6-10(16-15-9)7-12(18)17-3-5-19-8-11(17)13-14-2-4-20-13/h2,4,6,11H,3,5,7-8H2,1H3,(H,15,16)/t11-/m1/s1. The molecule has 0 radical (unpaired) electrons. The molecule has 1 aliphatic heterocycles. The number of amides is 1. The molecule has 2 aromatic rings. The number of H-pyrrole nitrogens is 1. The van der Waals surface area contributed by atoms with Gasteiger partial charge in [0.25, 0.3) is 0 Å². The summed E-state index contributed by atoms with van der Waals surface area (Å²) >= 11 is 3.50. The third-order valence-corrected chi connectivity index (χ3v) is 5.18. The van der Waals surface area contributed by atoms with Gasteiger partial charge in [-0.2, -0.15) is 16.9 Å². The van der Waals surface area contributed by atoms with Crippen molar-refractivity contribution in [2.24, 2.45) is 0 Å². The van der Waals surface area contributed by atoms with Crippen LogP contribution in [0.4, 0.5) is 0 Å². The molecule has 3 heterocycles. The zero-order valence-electron chi connectivity index (χ0n) is 11.2. The van der Waals surface area contributed by atoms with Crippen molar-refractivity contribution < 1.29 is 4.79 Å². The zero-order chi connectivity index (χ0) is 13.9. The Labute approximate surface area is 125 Å². The number of thiazole rings is 1. The first-order chi connectivity index (χ1) is 9.74. The van der Waals surface area contributed by atoms with Crippen LogP contribution < -0.4 is 0 Å². The van der Waals surface area contributed by atoms with Gasteiger partial charge in [0.2, 0.25) is 5.91 Å². The Morgan fingerprint density at radius 3 is 3.20 bits per heavy atom. The molecular weight excluding hydrogens is 292 g/mol. The summed E-state index contributed by atoms with van der Waals surface area (Å²) in [5.41, 5.74) is 1.79. The number of hydrogen-bond donors (Lipinski definition) is 1. The molecule has 7 heteroatoms. The third-order valence-electron chi connectivity index (χ3n) is 3.28. The first kappa shape index (κ1) is 13.6. The first-order valence-corrected chi connectivity index (χ1v) is 8.55. The van der Waals surface area contributed by atoms with Gasteiger partial charge in [0.15, 0.2) is 0 Å². The summed E-state index contributed by atoms with van der Waals surface area (Å²) < 4.78 is 0. The van der Waals surface area contributed by atoms with Crippen molar-refractivity contribution in [2.45, 2.75) is 19.4 Å². The number of aromatic nitrogens is 3. The Hall–Kier alpha value is -1.34. The molecule has 3 rings (SSSR count). The molecule has 1 amide bonds. The van der Waals surface area contributed by atoms with Crippen LogP contribution in [0.3, 0.4) is 0 Å². The van der Waals surface area contributed by atoms with E-state index < -0.39 is 0 Å². The summed E-state index contributed by atoms with van der Waals surface area (Å²) in [7, 11) is 0. The van der Waals surface area contributed by atoms with Crippen molar-refractivity contribution in [1.29, 1.82) is 0 Å². The number of thioether (sulfide) groups is 1. The van der Waals surface area contributed by atoms with Gasteiger partial charge in [-0.15, -0.1) is 11.3 Å². The highest BCUT2D eigenvalue weighted by atomic mass is 32.2. The molecule has 5 nitrogen and oxygen atoms in total. The fourth-order valence-electron chi connectivity index (χ4n) is 2.33. The molecule has 1 N–H and O–H groups in total. The average Bonchev–Trinajstić information content (AvgIpc) is 3.10. The maximum absolute atomic E-state index is 12.5. The number of carbonyl (C=O) groups is 1. The second kappa shape index (κ2) is 5.97. The molecule has 1 fully saturated rings. The number of hydrogen-bond acceptors (Lipinski definition) is 5. The van der Waals surface area contributed by atoms with E-state index in [0.29, 0.717) is 6.42 Å². The third kappa shape index (κ3) is 2.88. The van der Waals surface area contributed by atoms with Gasteiger partial charge in [-0.25, -0.2) is 4.98 Å². The minimum Gasteiger partial charge on any atom is -0.331 e. The van der Waals surface area contributed by atoms with Crippen LogP contribution in [0.1, 0.15) is 22.4 Å². The molecule has 0 aromatic carbocycles. The molecule has 1 aliphatic rings. The number of carbonyl (C=O) groups excluding carboxylic acids is 1. The van der Waals surface area contributed by atoms with Crippen molar-refractivity contribution in [1.82, 2.24) is 20.1 Å². The molecule has 0 bridgehead atoms. The summed E-state index contributed by atoms with van der Waals surface area (Å²) in [6, 6.07) is 2.04. The van der Waals surface area contributed by atoms with E-state index in [9.17, 15) is 4.79 Å². The van der Waals surface area contributed by atoms with Gasteiger partial charge in [0.1, 0.15) is 5.01 Å². The maximum atomic E-state index is 12.5. The Morgan fingerprint density at radius 1 is 1.60 bits per heavy atom. The van der Waals surface area contributed by atoms with E-state index in [1.807, 2.05) is 35.0 Å². The number of rotatable bonds is 3. The van der Waals surface area contributed by atoms with Crippen LogP contribution in [0.15, 0.2) is 17.6 Å². The lowest BCUT2D eigenvalue weighted by Crippen LogP contribution is -2.41. The Kier molecular flexibility index (Phi) is 4.07. The lowest BCUT2D eigenvalue weighted by atomic mass is 10.2. The summed E-state index contributed by atoms with van der Waals surface area (Å²) in [5.74, 6) is 2.06. The number of nitrogens with one attached hydrogen (secondary N) is 1. The number of nitrogens with zero attached hydrogens (tertiary/aromatic N) is 3. The highest BCUT2D eigenvalue weighted by molar-refractivity contribution is 7.99. The minimum atomic E-state index is 0.112. The minimum absolute atomic E-state index is 0.112. The Balaban J connectivity index is 1.74. The van der Waals surface area contributed by atoms with Gasteiger partial charge in [-0.05, 0) is 13.0 Å². The number of aromatic amines is 1. The summed E-state index contributed by atoms with van der Waals surface area (Å²) in [6.45, 7) is 2.73. The molecule has 106 valence electrons. The summed E-state index contributed by atoms with van der Waals surface area (Å²) in [6.07, 6.45) is 2.16. The fraction of sp³-hybridized carbons (Fsp3) is 0.462. The Morgan fingerprint density at radius 2 is 2.50 bits per heavy atom. The highest BCUT2D eigenvalue weighted by Crippen LogP contribution is 2.31. The van der Waals surface area contributed by atoms with E-state index in [2.05, 4.69) is 15.2 Å². The smallest absolute Gasteiger partial charge is 0.229 e. The predicted molar refractivity (Wildman–Crippen MR) is 80.9 cm³/mol. The quantitative estimate of drug-likeness (QED) is 0.942. The fourth-order valence-corrected chi connectivity index (χ4v) is 4.24. The van der Waals surface area contributed by atoms with Crippen molar-refractivity contribution in [3.63, 3.8) is 0 Å². The van der Waals surface area contributed by atoms with Crippen LogP contribution in [0, 0.1) is 6.92 Å². The van der Waals surface area contributed by atoms with E-state index in [-0.39, 0.29) is 11.9 Å². The van der Waals surface area contributed by atoms with E-state index >= 15 is 0 Å². The highest BCUT2D eigenvalue weighted by Gasteiger charge is 2.30. The van der Waals surface area contributed by atoms with Gasteiger partial charge >= 0.3 is 0 Å². The van der Waals surface area contributed by atoms with Gasteiger partial charge < -0.3 is 4.90 Å². The van der Waals surface area contributed by atoms with Crippen molar-refractivity contribution in [2.75, 3.05) is 18.1 Å². The topological polar surface area (TPSA) is 61.9 Å². The largest absolute Gasteiger partial charge is 0.331 e. The second-order valence-electron chi connectivity index (χ2n) is 4.77. The van der Waals surface area contributed by atoms with Crippen LogP contribution in [-0.4, -0.2) is 44.0 Å². The monoisotopic (exact) mass is 308 g/mol. The molecule has 0 saturated carbocycles. The molecule has 1 atom stereocenters. The molecule has 2 aromatic heterocycles. The van der Waals surface area contributed by atoms with Gasteiger partial charge in [0, 0.05) is 35.3 Å². The van der Waals surface area contributed by atoms with Crippen molar-refractivity contribution >= 4 is 29.0 Å². The molecular formula is C13H16N4OS2. The van der Waals surface area contributed by atoms with E-state index in [1.165, 1.54) is 0 Å². The zero-order valence-corrected chi connectivity index (χ0v) is 12.8.